The largest absolute Gasteiger partial charge is 0.522 e. The molecule has 1 saturated heterocycles. The van der Waals surface area contributed by atoms with Crippen LogP contribution in [0.4, 0.5) is 13.2 Å². The van der Waals surface area contributed by atoms with Gasteiger partial charge in [0.05, 0.1) is 0 Å². The molecule has 0 aromatic heterocycles. The molecular weight excluding hydrogens is 307 g/mol. The number of alkyl halides is 3. The van der Waals surface area contributed by atoms with E-state index >= 15 is 0 Å². The summed E-state index contributed by atoms with van der Waals surface area (Å²) in [6.07, 6.45) is 9.87. The normalized spacial score (nSPS) is 20.2. The minimum atomic E-state index is -5.84. The SMILES string of the molecule is CCCCCCN1CCCC1CC.O=S(=O)(O)C(F)(F)F. The molecule has 0 spiro atoms. The molecule has 8 heteroatoms. The minimum absolute atomic E-state index is 0.918. The van der Waals surface area contributed by atoms with Crippen molar-refractivity contribution >= 4 is 10.1 Å². The lowest BCUT2D eigenvalue weighted by Crippen LogP contribution is -2.29. The van der Waals surface area contributed by atoms with Gasteiger partial charge in [-0.25, -0.2) is 0 Å². The number of halogens is 3. The van der Waals surface area contributed by atoms with Crippen molar-refractivity contribution in [2.75, 3.05) is 13.1 Å². The van der Waals surface area contributed by atoms with E-state index in [1.165, 1.54) is 58.0 Å². The Balaban J connectivity index is 0.000000433. The number of hydrogen-bond acceptors (Lipinski definition) is 3. The molecule has 21 heavy (non-hydrogen) atoms. The third kappa shape index (κ3) is 8.63. The number of unbranched alkanes of at least 4 members (excludes halogenated alkanes) is 3. The Morgan fingerprint density at radius 3 is 2.19 bits per heavy atom. The molecule has 1 atom stereocenters. The molecule has 1 aliphatic rings. The Kier molecular flexibility index (Phi) is 9.48. The number of nitrogens with zero attached hydrogens (tertiary/aromatic N) is 1. The average Bonchev–Trinajstić information content (AvgIpc) is 2.80. The molecule has 0 bridgehead atoms. The number of hydrogen-bond donors (Lipinski definition) is 1. The summed E-state index contributed by atoms with van der Waals surface area (Å²) < 4.78 is 57.5. The van der Waals surface area contributed by atoms with Gasteiger partial charge in [-0.3, -0.25) is 4.55 Å². The Labute approximate surface area is 125 Å². The molecule has 1 rings (SSSR count). The summed E-state index contributed by atoms with van der Waals surface area (Å²) in [5, 5.41) is 0. The summed E-state index contributed by atoms with van der Waals surface area (Å²) in [5.74, 6) is 0. The molecule has 0 aliphatic carbocycles. The van der Waals surface area contributed by atoms with Crippen molar-refractivity contribution in [3.63, 3.8) is 0 Å². The van der Waals surface area contributed by atoms with Gasteiger partial charge >= 0.3 is 15.6 Å². The van der Waals surface area contributed by atoms with Crippen LogP contribution in [0.3, 0.4) is 0 Å². The van der Waals surface area contributed by atoms with E-state index in [2.05, 4.69) is 18.7 Å². The van der Waals surface area contributed by atoms with Crippen LogP contribution < -0.4 is 0 Å². The van der Waals surface area contributed by atoms with Crippen molar-refractivity contribution in [1.29, 1.82) is 0 Å². The van der Waals surface area contributed by atoms with Crippen molar-refractivity contribution in [3.8, 4) is 0 Å². The zero-order chi connectivity index (χ0) is 16.5. The van der Waals surface area contributed by atoms with Crippen LogP contribution in [0.1, 0.15) is 58.8 Å². The highest BCUT2D eigenvalue weighted by atomic mass is 32.2. The second-order valence-electron chi connectivity index (χ2n) is 5.22. The zero-order valence-corrected chi connectivity index (χ0v) is 13.5. The van der Waals surface area contributed by atoms with Crippen molar-refractivity contribution in [2.45, 2.75) is 70.3 Å². The summed E-state index contributed by atoms with van der Waals surface area (Å²) >= 11 is 0. The standard InChI is InChI=1S/C12H25N.CHF3O3S/c1-3-5-6-7-10-13-11-8-9-12(13)4-2;2-1(3,4)8(5,6)7/h12H,3-11H2,1-2H3;(H,5,6,7). The highest BCUT2D eigenvalue weighted by Gasteiger charge is 2.44. The van der Waals surface area contributed by atoms with Gasteiger partial charge in [-0.2, -0.15) is 21.6 Å². The lowest BCUT2D eigenvalue weighted by atomic mass is 10.1. The lowest BCUT2D eigenvalue weighted by molar-refractivity contribution is -0.0510. The third-order valence-electron chi connectivity index (χ3n) is 3.56. The van der Waals surface area contributed by atoms with E-state index in [0.717, 1.165) is 6.04 Å². The predicted octanol–water partition coefficient (Wildman–Crippen LogP) is 3.84. The molecule has 0 radical (unpaired) electrons. The van der Waals surface area contributed by atoms with Gasteiger partial charge in [0.15, 0.2) is 0 Å². The first kappa shape index (κ1) is 20.7. The summed E-state index contributed by atoms with van der Waals surface area (Å²) in [7, 11) is -5.84. The first-order chi connectivity index (χ1) is 9.63. The van der Waals surface area contributed by atoms with Crippen molar-refractivity contribution in [2.24, 2.45) is 0 Å². The van der Waals surface area contributed by atoms with Gasteiger partial charge in [0, 0.05) is 6.04 Å². The van der Waals surface area contributed by atoms with Crippen LogP contribution >= 0.6 is 0 Å². The van der Waals surface area contributed by atoms with E-state index < -0.39 is 15.6 Å². The second-order valence-corrected chi connectivity index (χ2v) is 6.63. The fourth-order valence-corrected chi connectivity index (χ4v) is 2.39. The van der Waals surface area contributed by atoms with Crippen LogP contribution in [-0.2, 0) is 10.1 Å². The Hall–Kier alpha value is -0.340. The molecule has 4 nitrogen and oxygen atoms in total. The summed E-state index contributed by atoms with van der Waals surface area (Å²) in [5.41, 5.74) is -5.53. The number of rotatable bonds is 6. The summed E-state index contributed by atoms with van der Waals surface area (Å²) in [6.45, 7) is 7.34. The molecule has 1 aliphatic heterocycles. The quantitative estimate of drug-likeness (QED) is 0.456. The van der Waals surface area contributed by atoms with E-state index in [1.807, 2.05) is 0 Å². The van der Waals surface area contributed by atoms with E-state index in [1.54, 1.807) is 0 Å². The highest BCUT2D eigenvalue weighted by molar-refractivity contribution is 7.86. The highest BCUT2D eigenvalue weighted by Crippen LogP contribution is 2.21. The maximum atomic E-state index is 10.7. The van der Waals surface area contributed by atoms with Crippen LogP contribution in [0, 0.1) is 0 Å². The lowest BCUT2D eigenvalue weighted by Gasteiger charge is -2.22. The van der Waals surface area contributed by atoms with Gasteiger partial charge < -0.3 is 4.90 Å². The third-order valence-corrected chi connectivity index (χ3v) is 4.15. The van der Waals surface area contributed by atoms with Gasteiger partial charge in [-0.1, -0.05) is 33.1 Å². The van der Waals surface area contributed by atoms with E-state index in [-0.39, 0.29) is 0 Å². The smallest absolute Gasteiger partial charge is 0.300 e. The number of likely N-dealkylation sites (tertiary alicyclic amines) is 1. The first-order valence-corrected chi connectivity index (χ1v) is 8.85. The molecule has 1 fully saturated rings. The molecule has 1 heterocycles. The van der Waals surface area contributed by atoms with Crippen LogP contribution in [0.25, 0.3) is 0 Å². The molecule has 0 amide bonds. The molecule has 1 unspecified atom stereocenters. The predicted molar refractivity (Wildman–Crippen MR) is 76.6 cm³/mol. The van der Waals surface area contributed by atoms with Gasteiger partial charge in [-0.05, 0) is 38.8 Å². The van der Waals surface area contributed by atoms with E-state index in [4.69, 9.17) is 13.0 Å². The van der Waals surface area contributed by atoms with Crippen molar-refractivity contribution < 1.29 is 26.1 Å². The monoisotopic (exact) mass is 333 g/mol. The molecule has 1 N–H and O–H groups in total. The van der Waals surface area contributed by atoms with E-state index in [0.29, 0.717) is 0 Å². The zero-order valence-electron chi connectivity index (χ0n) is 12.7. The van der Waals surface area contributed by atoms with Crippen LogP contribution in [0.5, 0.6) is 0 Å². The molecule has 128 valence electrons. The fourth-order valence-electron chi connectivity index (χ4n) is 2.39. The Morgan fingerprint density at radius 1 is 1.19 bits per heavy atom. The maximum Gasteiger partial charge on any atom is 0.522 e. The van der Waals surface area contributed by atoms with Crippen LogP contribution in [0.15, 0.2) is 0 Å². The van der Waals surface area contributed by atoms with Crippen LogP contribution in [-0.4, -0.2) is 42.5 Å². The summed E-state index contributed by atoms with van der Waals surface area (Å²) in [6, 6.07) is 0.918. The molecule has 0 aromatic rings. The van der Waals surface area contributed by atoms with Crippen molar-refractivity contribution in [3.05, 3.63) is 0 Å². The van der Waals surface area contributed by atoms with Gasteiger partial charge in [0.25, 0.3) is 0 Å². The maximum absolute atomic E-state index is 10.7. The topological polar surface area (TPSA) is 57.6 Å². The van der Waals surface area contributed by atoms with Gasteiger partial charge in [-0.15, -0.1) is 0 Å². The van der Waals surface area contributed by atoms with Gasteiger partial charge in [0.1, 0.15) is 0 Å². The molecule has 0 saturated carbocycles. The fraction of sp³-hybridized carbons (Fsp3) is 1.00. The average molecular weight is 333 g/mol. The minimum Gasteiger partial charge on any atom is -0.300 e. The summed E-state index contributed by atoms with van der Waals surface area (Å²) in [4.78, 5) is 2.70. The Bertz CT molecular complexity index is 371. The van der Waals surface area contributed by atoms with E-state index in [9.17, 15) is 13.2 Å². The van der Waals surface area contributed by atoms with Gasteiger partial charge in [0.2, 0.25) is 0 Å². The molecule has 0 aromatic carbocycles. The first-order valence-electron chi connectivity index (χ1n) is 7.41. The van der Waals surface area contributed by atoms with Crippen LogP contribution in [0.2, 0.25) is 0 Å². The molecular formula is C13H26F3NO3S. The van der Waals surface area contributed by atoms with Crippen molar-refractivity contribution in [1.82, 2.24) is 4.90 Å². The second kappa shape index (κ2) is 9.63. The Morgan fingerprint density at radius 2 is 1.76 bits per heavy atom.